The van der Waals surface area contributed by atoms with Gasteiger partial charge in [0.15, 0.2) is 0 Å². The molecule has 0 unspecified atom stereocenters. The van der Waals surface area contributed by atoms with Crippen LogP contribution in [0.2, 0.25) is 0 Å². The maximum absolute atomic E-state index is 9.37. The summed E-state index contributed by atoms with van der Waals surface area (Å²) in [5.74, 6) is 2.65. The van der Waals surface area contributed by atoms with Gasteiger partial charge < -0.3 is 5.11 Å². The van der Waals surface area contributed by atoms with E-state index in [-0.39, 0.29) is 5.75 Å². The SMILES string of the molecule is Oc1ccc2c(c1)nnn2C1CCSCC1. The number of aromatic nitrogens is 3. The lowest BCUT2D eigenvalue weighted by atomic mass is 10.1. The summed E-state index contributed by atoms with van der Waals surface area (Å²) in [6.45, 7) is 0. The van der Waals surface area contributed by atoms with Gasteiger partial charge in [-0.05, 0) is 36.5 Å². The van der Waals surface area contributed by atoms with Crippen molar-refractivity contribution in [2.45, 2.75) is 18.9 Å². The van der Waals surface area contributed by atoms with E-state index < -0.39 is 0 Å². The van der Waals surface area contributed by atoms with Gasteiger partial charge in [-0.15, -0.1) is 5.10 Å². The van der Waals surface area contributed by atoms with Crippen LogP contribution in [0.25, 0.3) is 11.0 Å². The number of hydrogen-bond acceptors (Lipinski definition) is 4. The maximum Gasteiger partial charge on any atom is 0.117 e. The molecule has 2 aromatic rings. The smallest absolute Gasteiger partial charge is 0.117 e. The predicted molar refractivity (Wildman–Crippen MR) is 64.8 cm³/mol. The Morgan fingerprint density at radius 3 is 2.94 bits per heavy atom. The molecule has 1 aliphatic heterocycles. The van der Waals surface area contributed by atoms with Crippen LogP contribution in [-0.4, -0.2) is 31.6 Å². The highest BCUT2D eigenvalue weighted by molar-refractivity contribution is 7.99. The van der Waals surface area contributed by atoms with E-state index in [1.807, 2.05) is 22.5 Å². The molecular formula is C11H13N3OS. The molecule has 5 heteroatoms. The molecule has 0 aliphatic carbocycles. The fourth-order valence-corrected chi connectivity index (χ4v) is 3.21. The lowest BCUT2D eigenvalue weighted by Crippen LogP contribution is -2.16. The van der Waals surface area contributed by atoms with Crippen molar-refractivity contribution in [3.05, 3.63) is 18.2 Å². The molecule has 1 N–H and O–H groups in total. The number of phenolic OH excluding ortho intramolecular Hbond substituents is 1. The Bertz CT molecular complexity index is 505. The first kappa shape index (κ1) is 9.96. The second kappa shape index (κ2) is 3.97. The third-order valence-electron chi connectivity index (χ3n) is 2.99. The van der Waals surface area contributed by atoms with Crippen molar-refractivity contribution < 1.29 is 5.11 Å². The van der Waals surface area contributed by atoms with E-state index in [4.69, 9.17) is 0 Å². The van der Waals surface area contributed by atoms with Crippen LogP contribution in [0.15, 0.2) is 18.2 Å². The van der Waals surface area contributed by atoms with Gasteiger partial charge in [0.1, 0.15) is 11.3 Å². The van der Waals surface area contributed by atoms with Gasteiger partial charge in [0.25, 0.3) is 0 Å². The van der Waals surface area contributed by atoms with E-state index in [2.05, 4.69) is 10.3 Å². The predicted octanol–water partition coefficient (Wildman–Crippen LogP) is 2.21. The largest absolute Gasteiger partial charge is 0.508 e. The minimum Gasteiger partial charge on any atom is -0.508 e. The molecule has 4 nitrogen and oxygen atoms in total. The number of phenols is 1. The molecule has 16 heavy (non-hydrogen) atoms. The fraction of sp³-hybridized carbons (Fsp3) is 0.455. The molecular weight excluding hydrogens is 222 g/mol. The van der Waals surface area contributed by atoms with E-state index in [9.17, 15) is 5.11 Å². The molecule has 1 aromatic heterocycles. The number of benzene rings is 1. The third-order valence-corrected chi connectivity index (χ3v) is 4.04. The molecule has 0 spiro atoms. The van der Waals surface area contributed by atoms with Crippen molar-refractivity contribution in [3.8, 4) is 5.75 Å². The summed E-state index contributed by atoms with van der Waals surface area (Å²) in [5.41, 5.74) is 1.80. The number of nitrogens with zero attached hydrogens (tertiary/aromatic N) is 3. The van der Waals surface area contributed by atoms with Crippen molar-refractivity contribution >= 4 is 22.8 Å². The second-order valence-corrected chi connectivity index (χ2v) is 5.28. The first-order chi connectivity index (χ1) is 7.84. The van der Waals surface area contributed by atoms with Crippen LogP contribution in [-0.2, 0) is 0 Å². The van der Waals surface area contributed by atoms with Gasteiger partial charge >= 0.3 is 0 Å². The van der Waals surface area contributed by atoms with Crippen molar-refractivity contribution in [3.63, 3.8) is 0 Å². The molecule has 1 saturated heterocycles. The van der Waals surface area contributed by atoms with Gasteiger partial charge in [-0.3, -0.25) is 0 Å². The van der Waals surface area contributed by atoms with Crippen molar-refractivity contribution in [1.29, 1.82) is 0 Å². The summed E-state index contributed by atoms with van der Waals surface area (Å²) in [7, 11) is 0. The Morgan fingerprint density at radius 2 is 2.12 bits per heavy atom. The summed E-state index contributed by atoms with van der Waals surface area (Å²) in [6, 6.07) is 5.72. The van der Waals surface area contributed by atoms with Gasteiger partial charge in [0, 0.05) is 6.07 Å². The van der Waals surface area contributed by atoms with Gasteiger partial charge in [0.2, 0.25) is 0 Å². The molecule has 2 heterocycles. The number of aromatic hydroxyl groups is 1. The zero-order chi connectivity index (χ0) is 11.0. The van der Waals surface area contributed by atoms with Crippen LogP contribution < -0.4 is 0 Å². The van der Waals surface area contributed by atoms with Gasteiger partial charge in [0.05, 0.1) is 11.6 Å². The molecule has 0 bridgehead atoms. The Hall–Kier alpha value is -1.23. The van der Waals surface area contributed by atoms with Gasteiger partial charge in [-0.1, -0.05) is 5.21 Å². The molecule has 0 saturated carbocycles. The van der Waals surface area contributed by atoms with Crippen LogP contribution in [0.5, 0.6) is 5.75 Å². The summed E-state index contributed by atoms with van der Waals surface area (Å²) in [4.78, 5) is 0. The number of thioether (sulfide) groups is 1. The average molecular weight is 235 g/mol. The van der Waals surface area contributed by atoms with Crippen molar-refractivity contribution in [1.82, 2.24) is 15.0 Å². The van der Waals surface area contributed by atoms with Crippen LogP contribution in [0.4, 0.5) is 0 Å². The molecule has 1 aromatic carbocycles. The van der Waals surface area contributed by atoms with E-state index in [0.29, 0.717) is 6.04 Å². The maximum atomic E-state index is 9.37. The highest BCUT2D eigenvalue weighted by atomic mass is 32.2. The first-order valence-electron chi connectivity index (χ1n) is 5.46. The van der Waals surface area contributed by atoms with Gasteiger partial charge in [-0.2, -0.15) is 11.8 Å². The first-order valence-corrected chi connectivity index (χ1v) is 6.62. The Morgan fingerprint density at radius 1 is 1.31 bits per heavy atom. The van der Waals surface area contributed by atoms with E-state index in [1.54, 1.807) is 12.1 Å². The highest BCUT2D eigenvalue weighted by Crippen LogP contribution is 2.29. The monoisotopic (exact) mass is 235 g/mol. The topological polar surface area (TPSA) is 50.9 Å². The Labute approximate surface area is 97.6 Å². The van der Waals surface area contributed by atoms with E-state index in [0.717, 1.165) is 23.9 Å². The molecule has 1 fully saturated rings. The minimum absolute atomic E-state index is 0.249. The fourth-order valence-electron chi connectivity index (χ4n) is 2.13. The molecule has 0 amide bonds. The van der Waals surface area contributed by atoms with Crippen molar-refractivity contribution in [2.24, 2.45) is 0 Å². The number of rotatable bonds is 1. The molecule has 0 radical (unpaired) electrons. The van der Waals surface area contributed by atoms with Crippen LogP contribution >= 0.6 is 11.8 Å². The summed E-state index contributed by atoms with van der Waals surface area (Å²) >= 11 is 2.00. The summed E-state index contributed by atoms with van der Waals surface area (Å²) in [6.07, 6.45) is 2.31. The lowest BCUT2D eigenvalue weighted by molar-refractivity contribution is 0.428. The zero-order valence-corrected chi connectivity index (χ0v) is 9.65. The quantitative estimate of drug-likeness (QED) is 0.823. The molecule has 3 rings (SSSR count). The van der Waals surface area contributed by atoms with Crippen LogP contribution in [0.3, 0.4) is 0 Å². The van der Waals surface area contributed by atoms with Gasteiger partial charge in [-0.25, -0.2) is 4.68 Å². The Balaban J connectivity index is 2.03. The normalized spacial score (nSPS) is 18.0. The summed E-state index contributed by atoms with van der Waals surface area (Å²) in [5, 5.41) is 17.7. The summed E-state index contributed by atoms with van der Waals surface area (Å²) < 4.78 is 2.01. The van der Waals surface area contributed by atoms with E-state index in [1.165, 1.54) is 11.5 Å². The van der Waals surface area contributed by atoms with E-state index >= 15 is 0 Å². The van der Waals surface area contributed by atoms with Crippen molar-refractivity contribution in [2.75, 3.05) is 11.5 Å². The number of hydrogen-bond donors (Lipinski definition) is 1. The standard InChI is InChI=1S/C11H13N3OS/c15-9-1-2-11-10(7-9)12-13-14(11)8-3-5-16-6-4-8/h1-2,7-8,15H,3-6H2. The number of fused-ring (bicyclic) bond motifs is 1. The van der Waals surface area contributed by atoms with Crippen LogP contribution in [0.1, 0.15) is 18.9 Å². The third kappa shape index (κ3) is 1.65. The minimum atomic E-state index is 0.249. The Kier molecular flexibility index (Phi) is 2.47. The molecule has 1 aliphatic rings. The molecule has 84 valence electrons. The highest BCUT2D eigenvalue weighted by Gasteiger charge is 2.18. The molecule has 0 atom stereocenters. The zero-order valence-electron chi connectivity index (χ0n) is 8.83. The average Bonchev–Trinajstić information content (AvgIpc) is 2.73. The van der Waals surface area contributed by atoms with Crippen LogP contribution in [0, 0.1) is 0 Å². The second-order valence-electron chi connectivity index (χ2n) is 4.05. The lowest BCUT2D eigenvalue weighted by Gasteiger charge is -2.21.